The summed E-state index contributed by atoms with van der Waals surface area (Å²) in [5, 5.41) is 9.77. The molecule has 1 aliphatic carbocycles. The minimum atomic E-state index is -1.91. The Kier molecular flexibility index (Phi) is 8.15. The van der Waals surface area contributed by atoms with Gasteiger partial charge in [0.05, 0.1) is 18.8 Å². The van der Waals surface area contributed by atoms with Crippen molar-refractivity contribution in [1.29, 1.82) is 0 Å². The third-order valence-electron chi connectivity index (χ3n) is 6.39. The van der Waals surface area contributed by atoms with Gasteiger partial charge in [0.15, 0.2) is 20.4 Å². The average Bonchev–Trinajstić information content (AvgIpc) is 2.89. The van der Waals surface area contributed by atoms with Crippen LogP contribution in [0.3, 0.4) is 0 Å². The Labute approximate surface area is 178 Å². The Balaban J connectivity index is 2.25. The first-order chi connectivity index (χ1) is 13.3. The molecule has 0 radical (unpaired) electrons. The SMILES string of the molecule is CCOC(C)OC1CC(=CCO)C(CO[Si](C)(C)C(C)(C)C)C2OC(C)(C)OC12. The zero-order valence-electron chi connectivity index (χ0n) is 19.8. The lowest BCUT2D eigenvalue weighted by Crippen LogP contribution is -2.51. The van der Waals surface area contributed by atoms with Gasteiger partial charge in [-0.1, -0.05) is 32.4 Å². The molecule has 0 aromatic carbocycles. The van der Waals surface area contributed by atoms with E-state index in [9.17, 15) is 5.11 Å². The van der Waals surface area contributed by atoms with Gasteiger partial charge in [-0.3, -0.25) is 0 Å². The van der Waals surface area contributed by atoms with E-state index in [1.807, 2.05) is 33.8 Å². The maximum absolute atomic E-state index is 9.64. The van der Waals surface area contributed by atoms with Gasteiger partial charge in [-0.15, -0.1) is 0 Å². The van der Waals surface area contributed by atoms with Crippen LogP contribution >= 0.6 is 0 Å². The van der Waals surface area contributed by atoms with Crippen molar-refractivity contribution in [2.45, 2.75) is 103 Å². The quantitative estimate of drug-likeness (QED) is 0.353. The van der Waals surface area contributed by atoms with Crippen molar-refractivity contribution in [2.24, 2.45) is 5.92 Å². The standard InChI is InChI=1S/C22H42O6Si/c1-10-24-15(2)26-18-13-16(11-12-23)17(14-25-29(8,9)21(3,4)5)19-20(18)28-22(6,7)27-19/h11,15,17-20,23H,10,12-14H2,1-9H3. The van der Waals surface area contributed by atoms with E-state index >= 15 is 0 Å². The molecule has 1 aliphatic heterocycles. The Morgan fingerprint density at radius 2 is 1.86 bits per heavy atom. The highest BCUT2D eigenvalue weighted by molar-refractivity contribution is 6.74. The minimum absolute atomic E-state index is 0.0126. The Morgan fingerprint density at radius 1 is 1.24 bits per heavy atom. The van der Waals surface area contributed by atoms with E-state index in [1.165, 1.54) is 0 Å². The van der Waals surface area contributed by atoms with Crippen molar-refractivity contribution in [3.63, 3.8) is 0 Å². The maximum atomic E-state index is 9.64. The molecule has 2 rings (SSSR count). The molecule has 29 heavy (non-hydrogen) atoms. The van der Waals surface area contributed by atoms with Crippen LogP contribution in [0.15, 0.2) is 11.6 Å². The fraction of sp³-hybridized carbons (Fsp3) is 0.909. The van der Waals surface area contributed by atoms with E-state index in [-0.39, 0.29) is 42.2 Å². The Bertz CT molecular complexity index is 568. The molecule has 2 aliphatic rings. The van der Waals surface area contributed by atoms with Gasteiger partial charge in [0.1, 0.15) is 6.10 Å². The summed E-state index contributed by atoms with van der Waals surface area (Å²) in [6.07, 6.45) is 1.66. The van der Waals surface area contributed by atoms with Crippen LogP contribution in [-0.4, -0.2) is 63.6 Å². The highest BCUT2D eigenvalue weighted by Crippen LogP contribution is 2.45. The highest BCUT2D eigenvalue weighted by atomic mass is 28.4. The Hall–Kier alpha value is -0.283. The van der Waals surface area contributed by atoms with E-state index in [0.717, 1.165) is 5.57 Å². The zero-order chi connectivity index (χ0) is 22.0. The van der Waals surface area contributed by atoms with Gasteiger partial charge in [-0.25, -0.2) is 0 Å². The van der Waals surface area contributed by atoms with E-state index < -0.39 is 14.1 Å². The first kappa shape index (κ1) is 25.0. The summed E-state index contributed by atoms with van der Waals surface area (Å²) >= 11 is 0. The predicted molar refractivity (Wildman–Crippen MR) is 116 cm³/mol. The van der Waals surface area contributed by atoms with E-state index in [2.05, 4.69) is 33.9 Å². The smallest absolute Gasteiger partial charge is 0.192 e. The van der Waals surface area contributed by atoms with Crippen LogP contribution in [0.5, 0.6) is 0 Å². The number of hydrogen-bond acceptors (Lipinski definition) is 6. The molecule has 1 N–H and O–H groups in total. The topological polar surface area (TPSA) is 66.4 Å². The van der Waals surface area contributed by atoms with Crippen LogP contribution in [0.2, 0.25) is 18.1 Å². The van der Waals surface area contributed by atoms with Gasteiger partial charge in [0, 0.05) is 19.1 Å². The number of aliphatic hydroxyl groups is 1. The molecular formula is C22H42O6Si. The third-order valence-corrected chi connectivity index (χ3v) is 10.9. The normalized spacial score (nSPS) is 32.4. The van der Waals surface area contributed by atoms with Crippen molar-refractivity contribution in [3.05, 3.63) is 11.6 Å². The molecule has 5 unspecified atom stereocenters. The van der Waals surface area contributed by atoms with Crippen LogP contribution in [0, 0.1) is 5.92 Å². The lowest BCUT2D eigenvalue weighted by molar-refractivity contribution is -0.201. The predicted octanol–water partition coefficient (Wildman–Crippen LogP) is 4.23. The fourth-order valence-corrected chi connectivity index (χ4v) is 4.87. The van der Waals surface area contributed by atoms with Gasteiger partial charge < -0.3 is 28.5 Å². The average molecular weight is 431 g/mol. The van der Waals surface area contributed by atoms with Crippen LogP contribution in [0.25, 0.3) is 0 Å². The first-order valence-electron chi connectivity index (χ1n) is 10.9. The van der Waals surface area contributed by atoms with Crippen molar-refractivity contribution in [1.82, 2.24) is 0 Å². The summed E-state index contributed by atoms with van der Waals surface area (Å²) < 4.78 is 30.9. The van der Waals surface area contributed by atoms with Crippen LogP contribution in [0.1, 0.15) is 54.9 Å². The largest absolute Gasteiger partial charge is 0.416 e. The molecule has 0 aromatic rings. The molecule has 0 aromatic heterocycles. The van der Waals surface area contributed by atoms with Gasteiger partial charge in [-0.2, -0.15) is 0 Å². The molecule has 1 saturated carbocycles. The molecule has 170 valence electrons. The lowest BCUT2D eigenvalue weighted by atomic mass is 9.78. The van der Waals surface area contributed by atoms with Crippen molar-refractivity contribution in [3.8, 4) is 0 Å². The number of fused-ring (bicyclic) bond motifs is 1. The third kappa shape index (κ3) is 6.12. The van der Waals surface area contributed by atoms with Gasteiger partial charge in [0.2, 0.25) is 0 Å². The summed E-state index contributed by atoms with van der Waals surface area (Å²) in [5.41, 5.74) is 1.11. The molecule has 0 spiro atoms. The second kappa shape index (κ2) is 9.47. The number of ether oxygens (including phenoxy) is 4. The van der Waals surface area contributed by atoms with Crippen LogP contribution in [-0.2, 0) is 23.4 Å². The fourth-order valence-electron chi connectivity index (χ4n) is 3.84. The highest BCUT2D eigenvalue weighted by Gasteiger charge is 2.54. The number of hydrogen-bond donors (Lipinski definition) is 1. The van der Waals surface area contributed by atoms with Crippen molar-refractivity contribution in [2.75, 3.05) is 19.8 Å². The number of rotatable bonds is 8. The van der Waals surface area contributed by atoms with Gasteiger partial charge in [0.25, 0.3) is 0 Å². The van der Waals surface area contributed by atoms with Crippen molar-refractivity contribution >= 4 is 8.32 Å². The maximum Gasteiger partial charge on any atom is 0.192 e. The molecule has 6 nitrogen and oxygen atoms in total. The van der Waals surface area contributed by atoms with Gasteiger partial charge >= 0.3 is 0 Å². The molecule has 5 atom stereocenters. The van der Waals surface area contributed by atoms with Crippen LogP contribution < -0.4 is 0 Å². The molecular weight excluding hydrogens is 388 g/mol. The Morgan fingerprint density at radius 3 is 2.41 bits per heavy atom. The second-order valence-corrected chi connectivity index (χ2v) is 14.9. The zero-order valence-corrected chi connectivity index (χ0v) is 20.8. The van der Waals surface area contributed by atoms with Crippen LogP contribution in [0.4, 0.5) is 0 Å². The molecule has 7 heteroatoms. The molecule has 1 saturated heterocycles. The summed E-state index contributed by atoms with van der Waals surface area (Å²) in [6.45, 7) is 20.1. The first-order valence-corrected chi connectivity index (χ1v) is 13.8. The second-order valence-electron chi connectivity index (χ2n) is 10.1. The molecule has 1 heterocycles. The number of aliphatic hydroxyl groups excluding tert-OH is 1. The molecule has 0 bridgehead atoms. The molecule has 0 amide bonds. The van der Waals surface area contributed by atoms with E-state index in [0.29, 0.717) is 19.6 Å². The lowest BCUT2D eigenvalue weighted by Gasteiger charge is -2.42. The van der Waals surface area contributed by atoms with Crippen molar-refractivity contribution < 1.29 is 28.5 Å². The van der Waals surface area contributed by atoms with E-state index in [4.69, 9.17) is 23.4 Å². The summed E-state index contributed by atoms with van der Waals surface area (Å²) in [5.74, 6) is -0.652. The monoisotopic (exact) mass is 430 g/mol. The summed E-state index contributed by atoms with van der Waals surface area (Å²) in [4.78, 5) is 0. The molecule has 2 fully saturated rings. The minimum Gasteiger partial charge on any atom is -0.416 e. The van der Waals surface area contributed by atoms with E-state index in [1.54, 1.807) is 0 Å². The van der Waals surface area contributed by atoms with Gasteiger partial charge in [-0.05, 0) is 52.2 Å². The summed E-state index contributed by atoms with van der Waals surface area (Å²) in [6, 6.07) is 0. The summed E-state index contributed by atoms with van der Waals surface area (Å²) in [7, 11) is -1.91.